The molecular weight excluding hydrogens is 448 g/mol. The number of hydrogen-bond acceptors (Lipinski definition) is 3. The van der Waals surface area contributed by atoms with Crippen LogP contribution in [0.2, 0.25) is 0 Å². The van der Waals surface area contributed by atoms with E-state index in [1.54, 1.807) is 23.1 Å². The average molecular weight is 474 g/mol. The van der Waals surface area contributed by atoms with Crippen LogP contribution in [0.4, 0.5) is 17.6 Å². The molecule has 1 atom stereocenters. The zero-order valence-corrected chi connectivity index (χ0v) is 18.8. The number of benzene rings is 2. The summed E-state index contributed by atoms with van der Waals surface area (Å²) in [5, 5.41) is 19.8. The number of carbonyl (C=O) groups excluding carboxylic acids is 1. The normalized spacial score (nSPS) is 24.7. The minimum absolute atomic E-state index is 0.0542. The van der Waals surface area contributed by atoms with E-state index in [1.807, 2.05) is 0 Å². The highest BCUT2D eigenvalue weighted by atomic mass is 19.4. The van der Waals surface area contributed by atoms with Crippen molar-refractivity contribution < 1.29 is 27.5 Å². The Hall–Kier alpha value is -2.92. The van der Waals surface area contributed by atoms with Gasteiger partial charge in [-0.1, -0.05) is 30.3 Å². The maximum absolute atomic E-state index is 14.4. The predicted molar refractivity (Wildman–Crippen MR) is 117 cm³/mol. The highest BCUT2D eigenvalue weighted by Crippen LogP contribution is 2.44. The van der Waals surface area contributed by atoms with Crippen LogP contribution < -0.4 is 0 Å². The number of aliphatic hydroxyl groups is 1. The third kappa shape index (κ3) is 4.29. The zero-order chi connectivity index (χ0) is 24.7. The molecular formula is C26H26F4N2O2. The summed E-state index contributed by atoms with van der Waals surface area (Å²) >= 11 is 0. The minimum Gasteiger partial charge on any atom is -0.376 e. The summed E-state index contributed by atoms with van der Waals surface area (Å²) in [5.41, 5.74) is -3.66. The van der Waals surface area contributed by atoms with Gasteiger partial charge < -0.3 is 10.0 Å². The summed E-state index contributed by atoms with van der Waals surface area (Å²) in [7, 11) is 0. The van der Waals surface area contributed by atoms with Gasteiger partial charge in [0.2, 0.25) is 0 Å². The molecule has 4 nitrogen and oxygen atoms in total. The molecule has 1 amide bonds. The minimum atomic E-state index is -4.84. The largest absolute Gasteiger partial charge is 0.421 e. The number of nitriles is 1. The number of alkyl halides is 3. The topological polar surface area (TPSA) is 64.3 Å². The van der Waals surface area contributed by atoms with Crippen molar-refractivity contribution in [2.24, 2.45) is 0 Å². The molecule has 0 bridgehead atoms. The first-order chi connectivity index (χ1) is 16.0. The van der Waals surface area contributed by atoms with E-state index in [0.29, 0.717) is 38.2 Å². The summed E-state index contributed by atoms with van der Waals surface area (Å²) in [6.07, 6.45) is -1.25. The van der Waals surface area contributed by atoms with Gasteiger partial charge in [-0.2, -0.15) is 18.4 Å². The van der Waals surface area contributed by atoms with Gasteiger partial charge in [0, 0.05) is 23.2 Å². The maximum Gasteiger partial charge on any atom is 0.421 e. The van der Waals surface area contributed by atoms with E-state index in [-0.39, 0.29) is 29.1 Å². The first kappa shape index (κ1) is 24.2. The van der Waals surface area contributed by atoms with E-state index in [0.717, 1.165) is 25.0 Å². The highest BCUT2D eigenvalue weighted by Gasteiger charge is 2.51. The molecule has 2 aliphatic carbocycles. The molecule has 4 rings (SSSR count). The molecule has 2 saturated carbocycles. The Bertz CT molecular complexity index is 1090. The van der Waals surface area contributed by atoms with Crippen molar-refractivity contribution in [3.63, 3.8) is 0 Å². The highest BCUT2D eigenvalue weighted by molar-refractivity contribution is 5.95. The summed E-state index contributed by atoms with van der Waals surface area (Å²) < 4.78 is 53.8. The number of halogens is 4. The van der Waals surface area contributed by atoms with E-state index in [2.05, 4.69) is 6.07 Å². The van der Waals surface area contributed by atoms with Crippen molar-refractivity contribution in [2.75, 3.05) is 0 Å². The van der Waals surface area contributed by atoms with Crippen LogP contribution in [0.3, 0.4) is 0 Å². The molecule has 180 valence electrons. The fraction of sp³-hybridized carbons (Fsp3) is 0.462. The number of amides is 1. The van der Waals surface area contributed by atoms with E-state index >= 15 is 0 Å². The molecule has 0 heterocycles. The van der Waals surface area contributed by atoms with E-state index in [1.165, 1.54) is 18.2 Å². The van der Waals surface area contributed by atoms with Crippen molar-refractivity contribution in [2.45, 2.75) is 74.7 Å². The molecule has 0 aromatic heterocycles. The van der Waals surface area contributed by atoms with Crippen LogP contribution in [0, 0.1) is 17.1 Å². The molecule has 0 aliphatic heterocycles. The summed E-state index contributed by atoms with van der Waals surface area (Å²) in [6, 6.07) is 13.4. The van der Waals surface area contributed by atoms with Crippen molar-refractivity contribution in [3.05, 3.63) is 71.0 Å². The lowest BCUT2D eigenvalue weighted by Gasteiger charge is -2.41. The molecule has 0 saturated heterocycles. The molecule has 2 fully saturated rings. The van der Waals surface area contributed by atoms with Crippen LogP contribution in [0.5, 0.6) is 0 Å². The fourth-order valence-corrected chi connectivity index (χ4v) is 4.90. The molecule has 0 unspecified atom stereocenters. The van der Waals surface area contributed by atoms with Crippen LogP contribution >= 0.6 is 0 Å². The van der Waals surface area contributed by atoms with Crippen LogP contribution in [0.15, 0.2) is 48.5 Å². The first-order valence-corrected chi connectivity index (χ1v) is 11.4. The maximum atomic E-state index is 14.4. The van der Waals surface area contributed by atoms with Crippen LogP contribution in [0.25, 0.3) is 0 Å². The summed E-state index contributed by atoms with van der Waals surface area (Å²) in [5.74, 6) is -0.687. The Morgan fingerprint density at radius 1 is 1.03 bits per heavy atom. The second kappa shape index (κ2) is 8.70. The predicted octanol–water partition coefficient (Wildman–Crippen LogP) is 5.60. The molecule has 2 aromatic rings. The monoisotopic (exact) mass is 474 g/mol. The average Bonchev–Trinajstić information content (AvgIpc) is 3.64. The van der Waals surface area contributed by atoms with Crippen LogP contribution in [-0.2, 0) is 11.0 Å². The number of nitrogens with zero attached hydrogens (tertiary/aromatic N) is 2. The van der Waals surface area contributed by atoms with Gasteiger partial charge in [0.25, 0.3) is 5.91 Å². The van der Waals surface area contributed by atoms with Gasteiger partial charge in [0.1, 0.15) is 5.82 Å². The number of rotatable bonds is 5. The first-order valence-electron chi connectivity index (χ1n) is 11.4. The molecule has 1 N–H and O–H groups in total. The zero-order valence-electron chi connectivity index (χ0n) is 18.8. The third-order valence-corrected chi connectivity index (χ3v) is 7.23. The molecule has 2 aromatic carbocycles. The van der Waals surface area contributed by atoms with Gasteiger partial charge in [-0.25, -0.2) is 4.39 Å². The lowest BCUT2D eigenvalue weighted by molar-refractivity contribution is -0.258. The van der Waals surface area contributed by atoms with Crippen LogP contribution in [0.1, 0.15) is 66.9 Å². The standard InChI is InChI=1S/C26H26F4N2O2/c1-24(34,26(28,29)30)18-8-6-17(7-9-18)23(33)32(19-10-11-19)20-12-14-25(16-31,15-13-20)21-4-2-3-5-22(21)27/h2-9,19-20,34H,10-15H2,1H3/t20-,24-,25-/m0/s1. The van der Waals surface area contributed by atoms with Gasteiger partial charge >= 0.3 is 6.18 Å². The second-order valence-electron chi connectivity index (χ2n) is 9.50. The number of hydrogen-bond donors (Lipinski definition) is 1. The third-order valence-electron chi connectivity index (χ3n) is 7.23. The smallest absolute Gasteiger partial charge is 0.376 e. The van der Waals surface area contributed by atoms with Gasteiger partial charge in [-0.3, -0.25) is 4.79 Å². The van der Waals surface area contributed by atoms with Crippen molar-refractivity contribution in [1.29, 1.82) is 5.26 Å². The van der Waals surface area contributed by atoms with E-state index in [4.69, 9.17) is 0 Å². The fourth-order valence-electron chi connectivity index (χ4n) is 4.90. The molecule has 2 aliphatic rings. The Balaban J connectivity index is 1.52. The van der Waals surface area contributed by atoms with Gasteiger partial charge in [-0.05, 0) is 69.2 Å². The van der Waals surface area contributed by atoms with Gasteiger partial charge in [0.15, 0.2) is 5.60 Å². The molecule has 34 heavy (non-hydrogen) atoms. The lowest BCUT2D eigenvalue weighted by atomic mass is 9.68. The van der Waals surface area contributed by atoms with Gasteiger partial charge in [-0.15, -0.1) is 0 Å². The van der Waals surface area contributed by atoms with E-state index < -0.39 is 23.0 Å². The van der Waals surface area contributed by atoms with Crippen molar-refractivity contribution in [3.8, 4) is 6.07 Å². The Morgan fingerprint density at radius 2 is 1.59 bits per heavy atom. The summed E-state index contributed by atoms with van der Waals surface area (Å²) in [4.78, 5) is 15.1. The molecule has 0 spiro atoms. The van der Waals surface area contributed by atoms with Crippen molar-refractivity contribution >= 4 is 5.91 Å². The van der Waals surface area contributed by atoms with Crippen molar-refractivity contribution in [1.82, 2.24) is 4.90 Å². The summed E-state index contributed by atoms with van der Waals surface area (Å²) in [6.45, 7) is 0.680. The van der Waals surface area contributed by atoms with Gasteiger partial charge in [0.05, 0.1) is 11.5 Å². The quantitative estimate of drug-likeness (QED) is 0.574. The SMILES string of the molecule is C[C@](O)(c1ccc(C(=O)N(C2CC2)[C@H]2CC[C@](C#N)(c3ccccc3F)CC2)cc1)C(F)(F)F. The molecule has 8 heteroatoms. The molecule has 0 radical (unpaired) electrons. The second-order valence-corrected chi connectivity index (χ2v) is 9.50. The number of carbonyl (C=O) groups is 1. The Morgan fingerprint density at radius 3 is 2.09 bits per heavy atom. The lowest BCUT2D eigenvalue weighted by Crippen LogP contribution is -2.46. The Labute approximate surface area is 195 Å². The van der Waals surface area contributed by atoms with Crippen LogP contribution in [-0.4, -0.2) is 34.2 Å². The Kier molecular flexibility index (Phi) is 6.19. The van der Waals surface area contributed by atoms with E-state index in [9.17, 15) is 32.7 Å².